The maximum Gasteiger partial charge on any atom is 0.311 e. The number of thioether (sulfide) groups is 2. The first-order chi connectivity index (χ1) is 26.5. The Hall–Kier alpha value is -4.74. The minimum absolute atomic E-state index is 0.0753. The molecule has 0 saturated carbocycles. The van der Waals surface area contributed by atoms with E-state index in [-0.39, 0.29) is 46.6 Å². The molecule has 4 aromatic carbocycles. The van der Waals surface area contributed by atoms with Gasteiger partial charge in [-0.25, -0.2) is 0 Å². The number of esters is 2. The molecule has 2 aliphatic rings. The second kappa shape index (κ2) is 20.8. The molecule has 2 aliphatic heterocycles. The number of aryl methyl sites for hydroxylation is 2. The summed E-state index contributed by atoms with van der Waals surface area (Å²) in [5, 5.41) is 0.382. The highest BCUT2D eigenvalue weighted by atomic mass is 35.5. The van der Waals surface area contributed by atoms with Crippen LogP contribution in [0.25, 0.3) is 12.2 Å². The van der Waals surface area contributed by atoms with Gasteiger partial charge >= 0.3 is 11.9 Å². The summed E-state index contributed by atoms with van der Waals surface area (Å²) < 4.78 is 10.7. The Morgan fingerprint density at radius 3 is 1.38 bits per heavy atom. The minimum Gasteiger partial charge on any atom is -0.426 e. The van der Waals surface area contributed by atoms with E-state index < -0.39 is 0 Å². The molecule has 12 heteroatoms. The Morgan fingerprint density at radius 1 is 0.564 bits per heavy atom. The van der Waals surface area contributed by atoms with E-state index in [2.05, 4.69) is 12.1 Å². The van der Waals surface area contributed by atoms with Crippen LogP contribution in [0.3, 0.4) is 0 Å². The van der Waals surface area contributed by atoms with Gasteiger partial charge in [-0.1, -0.05) is 83.9 Å². The van der Waals surface area contributed by atoms with Crippen molar-refractivity contribution in [3.05, 3.63) is 139 Å². The van der Waals surface area contributed by atoms with Gasteiger partial charge in [-0.3, -0.25) is 28.8 Å². The number of ether oxygens (including phenoxy) is 2. The Balaban J connectivity index is 0.000000211. The van der Waals surface area contributed by atoms with E-state index in [1.54, 1.807) is 42.5 Å². The van der Waals surface area contributed by atoms with Crippen LogP contribution in [0, 0.1) is 0 Å². The van der Waals surface area contributed by atoms with E-state index in [1.165, 1.54) is 17.2 Å². The quantitative estimate of drug-likeness (QED) is 0.0424. The molecule has 0 spiro atoms. The van der Waals surface area contributed by atoms with Crippen LogP contribution in [0.1, 0.15) is 67.2 Å². The van der Waals surface area contributed by atoms with Gasteiger partial charge in [0.1, 0.15) is 11.5 Å². The monoisotopic (exact) mass is 814 g/mol. The van der Waals surface area contributed by atoms with Gasteiger partial charge in [0.15, 0.2) is 11.6 Å². The highest BCUT2D eigenvalue weighted by molar-refractivity contribution is 8.19. The smallest absolute Gasteiger partial charge is 0.311 e. The topological polar surface area (TPSA) is 121 Å². The van der Waals surface area contributed by atoms with Crippen LogP contribution in [-0.4, -0.2) is 33.7 Å². The van der Waals surface area contributed by atoms with E-state index in [9.17, 15) is 28.8 Å². The molecular formula is C43H36Cl2O8S2. The Labute approximate surface area is 337 Å². The van der Waals surface area contributed by atoms with Crippen molar-refractivity contribution in [2.24, 2.45) is 0 Å². The maximum atomic E-state index is 12.0. The molecular weight excluding hydrogens is 780 g/mol. The van der Waals surface area contributed by atoms with E-state index in [0.717, 1.165) is 49.2 Å². The van der Waals surface area contributed by atoms with Crippen LogP contribution in [0.15, 0.2) is 107 Å². The molecule has 2 heterocycles. The second-order valence-electron chi connectivity index (χ2n) is 12.5. The van der Waals surface area contributed by atoms with Gasteiger partial charge < -0.3 is 9.47 Å². The van der Waals surface area contributed by atoms with E-state index >= 15 is 0 Å². The lowest BCUT2D eigenvalue weighted by atomic mass is 10.1. The molecule has 0 aliphatic carbocycles. The van der Waals surface area contributed by atoms with Gasteiger partial charge in [0.05, 0.1) is 32.7 Å². The van der Waals surface area contributed by atoms with Crippen molar-refractivity contribution >= 4 is 92.6 Å². The average molecular weight is 816 g/mol. The van der Waals surface area contributed by atoms with Crippen molar-refractivity contribution in [1.29, 1.82) is 0 Å². The lowest BCUT2D eigenvalue weighted by Crippen LogP contribution is -2.08. The zero-order chi connectivity index (χ0) is 39.2. The molecule has 0 atom stereocenters. The highest BCUT2D eigenvalue weighted by Crippen LogP contribution is 2.34. The van der Waals surface area contributed by atoms with Crippen LogP contribution in [0.2, 0.25) is 10.0 Å². The first-order valence-corrected chi connectivity index (χ1v) is 19.9. The maximum absolute atomic E-state index is 12.0. The summed E-state index contributed by atoms with van der Waals surface area (Å²) in [6.45, 7) is 0. The average Bonchev–Trinajstić information content (AvgIpc) is 3.66. The van der Waals surface area contributed by atoms with Crippen LogP contribution >= 0.6 is 46.7 Å². The number of benzene rings is 4. The first-order valence-electron chi connectivity index (χ1n) is 17.5. The number of Topliss-reactive ketones (excluding diaryl/α,β-unsaturated/α-hetero) is 2. The number of carbonyl (C=O) groups excluding carboxylic acids is 6. The molecule has 0 unspecified atom stereocenters. The van der Waals surface area contributed by atoms with Crippen LogP contribution in [0.5, 0.6) is 11.5 Å². The number of carbonyl (C=O) groups is 6. The van der Waals surface area contributed by atoms with Crippen LogP contribution in [-0.2, 0) is 41.6 Å². The summed E-state index contributed by atoms with van der Waals surface area (Å²) in [7, 11) is 0. The number of hydrogen-bond donors (Lipinski definition) is 0. The number of unbranched alkanes of at least 4 members (excludes halogenated alkanes) is 1. The fourth-order valence-electron chi connectivity index (χ4n) is 5.44. The fraction of sp³-hybridized carbons (Fsp3) is 0.209. The Morgan fingerprint density at radius 2 is 0.982 bits per heavy atom. The molecule has 55 heavy (non-hydrogen) atoms. The molecule has 282 valence electrons. The molecule has 2 saturated heterocycles. The third-order valence-corrected chi connectivity index (χ3v) is 10.7. The van der Waals surface area contributed by atoms with Crippen molar-refractivity contribution in [3.8, 4) is 11.5 Å². The van der Waals surface area contributed by atoms with Crippen molar-refractivity contribution in [1.82, 2.24) is 0 Å². The largest absolute Gasteiger partial charge is 0.426 e. The standard InChI is InChI=1S/C22H19ClO4S.C21H17ClO4S/c23-18-13-17(11-10-16(18)12-20-19(24)14-22(26)28-20)27-21(25)9-5-4-8-15-6-2-1-3-7-15;22-17-12-16(10-9-15(17)11-19-18(23)13-21(25)27-19)26-20(24)8-4-7-14-5-2-1-3-6-14/h1-3,6-7,10-13H,4-5,8-9,14H2;1-3,5-6,9-12H,4,7-8,13H2/b20-12-;19-11-. The predicted octanol–water partition coefficient (Wildman–Crippen LogP) is 10.1. The number of halogens is 2. The molecule has 4 aromatic rings. The molecule has 0 amide bonds. The van der Waals surface area contributed by atoms with Gasteiger partial charge in [-0.2, -0.15) is 0 Å². The zero-order valence-corrected chi connectivity index (χ0v) is 32.7. The molecule has 0 aromatic heterocycles. The van der Waals surface area contributed by atoms with Crippen molar-refractivity contribution < 1.29 is 38.2 Å². The van der Waals surface area contributed by atoms with Gasteiger partial charge in [0.2, 0.25) is 10.2 Å². The summed E-state index contributed by atoms with van der Waals surface area (Å²) in [6.07, 6.45) is 7.79. The van der Waals surface area contributed by atoms with E-state index in [1.807, 2.05) is 48.5 Å². The third-order valence-electron chi connectivity index (χ3n) is 8.22. The number of ketones is 2. The van der Waals surface area contributed by atoms with Crippen LogP contribution < -0.4 is 9.47 Å². The normalized spacial score (nSPS) is 15.3. The highest BCUT2D eigenvalue weighted by Gasteiger charge is 2.27. The molecule has 8 nitrogen and oxygen atoms in total. The summed E-state index contributed by atoms with van der Waals surface area (Å²) in [4.78, 5) is 70.8. The first kappa shape index (κ1) is 41.4. The molecule has 2 fully saturated rings. The van der Waals surface area contributed by atoms with Crippen molar-refractivity contribution in [2.75, 3.05) is 0 Å². The lowest BCUT2D eigenvalue weighted by Gasteiger charge is -2.07. The third kappa shape index (κ3) is 13.5. The van der Waals surface area contributed by atoms with Gasteiger partial charge in [0.25, 0.3) is 0 Å². The molecule has 0 bridgehead atoms. The van der Waals surface area contributed by atoms with Gasteiger partial charge in [-0.15, -0.1) is 0 Å². The van der Waals surface area contributed by atoms with Gasteiger partial charge in [-0.05, 0) is 114 Å². The summed E-state index contributed by atoms with van der Waals surface area (Å²) in [6, 6.07) is 29.8. The molecule has 6 rings (SSSR count). The van der Waals surface area contributed by atoms with Crippen molar-refractivity contribution in [3.63, 3.8) is 0 Å². The minimum atomic E-state index is -0.319. The van der Waals surface area contributed by atoms with Crippen molar-refractivity contribution in [2.45, 2.75) is 57.8 Å². The van der Waals surface area contributed by atoms with E-state index in [4.69, 9.17) is 32.7 Å². The number of hydrogen-bond acceptors (Lipinski definition) is 10. The Bertz CT molecular complexity index is 2130. The molecule has 0 N–H and O–H groups in total. The van der Waals surface area contributed by atoms with Gasteiger partial charge in [0, 0.05) is 25.0 Å². The summed E-state index contributed by atoms with van der Waals surface area (Å²) >= 11 is 14.3. The van der Waals surface area contributed by atoms with Crippen LogP contribution in [0.4, 0.5) is 0 Å². The summed E-state index contributed by atoms with van der Waals surface area (Å²) in [5.74, 6) is -0.301. The molecule has 0 radical (unpaired) electrons. The lowest BCUT2D eigenvalue weighted by molar-refractivity contribution is -0.135. The Kier molecular flexibility index (Phi) is 15.7. The second-order valence-corrected chi connectivity index (χ2v) is 15.5. The summed E-state index contributed by atoms with van der Waals surface area (Å²) in [5.41, 5.74) is 3.65. The SMILES string of the molecule is O=C(CCCCc1ccccc1)Oc1ccc(/C=C2\SC(=O)CC2=O)c(Cl)c1.O=C(CCCc1ccccc1)Oc1ccc(/C=C2\SC(=O)CC2=O)c(Cl)c1. The van der Waals surface area contributed by atoms with E-state index in [0.29, 0.717) is 61.7 Å². The predicted molar refractivity (Wildman–Crippen MR) is 218 cm³/mol. The zero-order valence-electron chi connectivity index (χ0n) is 29.6. The number of allylic oxidation sites excluding steroid dienone is 2. The number of rotatable bonds is 13. The fourth-order valence-corrected chi connectivity index (χ4v) is 7.53.